The van der Waals surface area contributed by atoms with E-state index in [-0.39, 0.29) is 0 Å². The molecule has 0 aliphatic rings. The number of hydrogen-bond donors (Lipinski definition) is 2. The predicted octanol–water partition coefficient (Wildman–Crippen LogP) is 1.39. The minimum absolute atomic E-state index is 0.346. The number of hydrogen-bond acceptors (Lipinski definition) is 5. The van der Waals surface area contributed by atoms with Crippen molar-refractivity contribution in [3.05, 3.63) is 21.9 Å². The number of rotatable bonds is 3. The van der Waals surface area contributed by atoms with Crippen molar-refractivity contribution < 1.29 is 0 Å². The van der Waals surface area contributed by atoms with E-state index in [4.69, 9.17) is 5.73 Å². The fourth-order valence-corrected chi connectivity index (χ4v) is 2.25. The molecule has 0 aliphatic carbocycles. The molecule has 2 rings (SSSR count). The van der Waals surface area contributed by atoms with E-state index < -0.39 is 0 Å². The Morgan fingerprint density at radius 1 is 1.53 bits per heavy atom. The van der Waals surface area contributed by atoms with Crippen LogP contribution in [0.1, 0.15) is 9.75 Å². The molecule has 0 saturated carbocycles. The predicted molar refractivity (Wildman–Crippen MR) is 62.0 cm³/mol. The first kappa shape index (κ1) is 9.97. The lowest BCUT2D eigenvalue weighted by Gasteiger charge is -2.12. The maximum atomic E-state index is 5.46. The highest BCUT2D eigenvalue weighted by Crippen LogP contribution is 2.18. The second kappa shape index (κ2) is 3.90. The minimum atomic E-state index is 0.346. The van der Waals surface area contributed by atoms with Gasteiger partial charge in [0.1, 0.15) is 0 Å². The molecular formula is C9H13N5S. The summed E-state index contributed by atoms with van der Waals surface area (Å²) in [7, 11) is 1.94. The maximum absolute atomic E-state index is 5.46. The van der Waals surface area contributed by atoms with E-state index in [1.807, 2.05) is 11.9 Å². The lowest BCUT2D eigenvalue weighted by atomic mass is 10.4. The van der Waals surface area contributed by atoms with Crippen molar-refractivity contribution in [2.24, 2.45) is 0 Å². The topological polar surface area (TPSA) is 70.8 Å². The van der Waals surface area contributed by atoms with E-state index in [9.17, 15) is 0 Å². The number of aromatic amines is 1. The van der Waals surface area contributed by atoms with Crippen LogP contribution in [-0.2, 0) is 6.54 Å². The molecule has 0 aliphatic heterocycles. The third kappa shape index (κ3) is 2.27. The summed E-state index contributed by atoms with van der Waals surface area (Å²) in [6.45, 7) is 2.90. The molecule has 2 aromatic heterocycles. The number of H-pyrrole nitrogens is 1. The third-order valence-corrected chi connectivity index (χ3v) is 3.01. The van der Waals surface area contributed by atoms with Gasteiger partial charge in [-0.05, 0) is 19.1 Å². The van der Waals surface area contributed by atoms with Crippen molar-refractivity contribution in [3.63, 3.8) is 0 Å². The van der Waals surface area contributed by atoms with Crippen LogP contribution in [0.2, 0.25) is 0 Å². The molecule has 3 N–H and O–H groups in total. The molecule has 0 bridgehead atoms. The Bertz CT molecular complexity index is 447. The Labute approximate surface area is 91.9 Å². The Kier molecular flexibility index (Phi) is 2.59. The number of nitrogens with two attached hydrogens (primary N) is 1. The van der Waals surface area contributed by atoms with E-state index in [2.05, 4.69) is 34.2 Å². The van der Waals surface area contributed by atoms with Crippen LogP contribution in [0, 0.1) is 6.92 Å². The first-order valence-electron chi connectivity index (χ1n) is 4.59. The number of nitrogens with one attached hydrogen (secondary N) is 1. The molecule has 2 aromatic rings. The molecule has 0 saturated heterocycles. The Hall–Kier alpha value is -1.56. The van der Waals surface area contributed by atoms with Gasteiger partial charge in [-0.25, -0.2) is 5.10 Å². The Morgan fingerprint density at radius 3 is 2.87 bits per heavy atom. The molecule has 0 fully saturated rings. The quantitative estimate of drug-likeness (QED) is 0.825. The normalized spacial score (nSPS) is 10.5. The van der Waals surface area contributed by atoms with Gasteiger partial charge >= 0.3 is 0 Å². The van der Waals surface area contributed by atoms with Crippen LogP contribution in [0.3, 0.4) is 0 Å². The van der Waals surface area contributed by atoms with Crippen LogP contribution in [-0.4, -0.2) is 22.2 Å². The molecule has 0 amide bonds. The monoisotopic (exact) mass is 223 g/mol. The lowest BCUT2D eigenvalue weighted by molar-refractivity contribution is 0.882. The van der Waals surface area contributed by atoms with Gasteiger partial charge in [-0.15, -0.1) is 16.4 Å². The summed E-state index contributed by atoms with van der Waals surface area (Å²) in [6, 6.07) is 4.23. The minimum Gasteiger partial charge on any atom is -0.368 e. The van der Waals surface area contributed by atoms with Crippen LogP contribution in [0.5, 0.6) is 0 Å². The number of aryl methyl sites for hydroxylation is 1. The average Bonchev–Trinajstić information content (AvgIpc) is 2.75. The van der Waals surface area contributed by atoms with Crippen molar-refractivity contribution in [2.75, 3.05) is 17.7 Å². The first-order valence-corrected chi connectivity index (χ1v) is 5.41. The number of nitrogen functional groups attached to an aromatic ring is 1. The number of anilines is 2. The van der Waals surface area contributed by atoms with Gasteiger partial charge in [0.15, 0.2) is 0 Å². The SMILES string of the molecule is Cc1ccc(CN(C)c2n[nH]c(N)n2)s1. The third-order valence-electron chi connectivity index (χ3n) is 2.02. The first-order chi connectivity index (χ1) is 7.15. The summed E-state index contributed by atoms with van der Waals surface area (Å²) in [5.41, 5.74) is 5.46. The summed E-state index contributed by atoms with van der Waals surface area (Å²) in [6.07, 6.45) is 0. The van der Waals surface area contributed by atoms with Gasteiger partial charge in [-0.3, -0.25) is 0 Å². The fraction of sp³-hybridized carbons (Fsp3) is 0.333. The van der Waals surface area contributed by atoms with Crippen molar-refractivity contribution in [2.45, 2.75) is 13.5 Å². The largest absolute Gasteiger partial charge is 0.368 e. The molecule has 0 aromatic carbocycles. The highest BCUT2D eigenvalue weighted by atomic mass is 32.1. The second-order valence-electron chi connectivity index (χ2n) is 3.39. The maximum Gasteiger partial charge on any atom is 0.246 e. The molecular weight excluding hydrogens is 210 g/mol. The van der Waals surface area contributed by atoms with E-state index in [1.54, 1.807) is 11.3 Å². The van der Waals surface area contributed by atoms with Crippen molar-refractivity contribution >= 4 is 23.2 Å². The Balaban J connectivity index is 2.06. The van der Waals surface area contributed by atoms with E-state index in [1.165, 1.54) is 9.75 Å². The van der Waals surface area contributed by atoms with Crippen LogP contribution < -0.4 is 10.6 Å². The van der Waals surface area contributed by atoms with Crippen LogP contribution in [0.4, 0.5) is 11.9 Å². The van der Waals surface area contributed by atoms with Crippen LogP contribution >= 0.6 is 11.3 Å². The zero-order valence-corrected chi connectivity index (χ0v) is 9.51. The van der Waals surface area contributed by atoms with Gasteiger partial charge in [-0.1, -0.05) is 0 Å². The summed E-state index contributed by atoms with van der Waals surface area (Å²) in [5, 5.41) is 6.61. The molecule has 80 valence electrons. The van der Waals surface area contributed by atoms with Gasteiger partial charge in [0.05, 0.1) is 6.54 Å². The molecule has 0 radical (unpaired) electrons. The lowest BCUT2D eigenvalue weighted by Crippen LogP contribution is -2.17. The van der Waals surface area contributed by atoms with Crippen molar-refractivity contribution in [1.29, 1.82) is 0 Å². The van der Waals surface area contributed by atoms with Gasteiger partial charge < -0.3 is 10.6 Å². The fourth-order valence-electron chi connectivity index (χ4n) is 1.31. The smallest absolute Gasteiger partial charge is 0.246 e. The average molecular weight is 223 g/mol. The number of aromatic nitrogens is 3. The van der Waals surface area contributed by atoms with E-state index in [0.717, 1.165) is 6.54 Å². The highest BCUT2D eigenvalue weighted by Gasteiger charge is 2.08. The zero-order chi connectivity index (χ0) is 10.8. The molecule has 0 unspecified atom stereocenters. The van der Waals surface area contributed by atoms with Gasteiger partial charge in [0.25, 0.3) is 0 Å². The molecule has 0 spiro atoms. The Morgan fingerprint density at radius 2 is 2.33 bits per heavy atom. The molecule has 0 atom stereocenters. The van der Waals surface area contributed by atoms with Gasteiger partial charge in [-0.2, -0.15) is 4.98 Å². The summed E-state index contributed by atoms with van der Waals surface area (Å²) < 4.78 is 0. The molecule has 6 heteroatoms. The second-order valence-corrected chi connectivity index (χ2v) is 4.76. The standard InChI is InChI=1S/C9H13N5S/c1-6-3-4-7(15-6)5-14(2)9-11-8(10)12-13-9/h3-4H,5H2,1-2H3,(H3,10,11,12,13). The van der Waals surface area contributed by atoms with Crippen molar-refractivity contribution in [1.82, 2.24) is 15.2 Å². The van der Waals surface area contributed by atoms with Crippen molar-refractivity contribution in [3.8, 4) is 0 Å². The number of nitrogens with zero attached hydrogens (tertiary/aromatic N) is 3. The summed E-state index contributed by atoms with van der Waals surface area (Å²) in [4.78, 5) is 8.61. The van der Waals surface area contributed by atoms with E-state index >= 15 is 0 Å². The molecule has 5 nitrogen and oxygen atoms in total. The number of thiophene rings is 1. The van der Waals surface area contributed by atoms with Gasteiger partial charge in [0.2, 0.25) is 11.9 Å². The van der Waals surface area contributed by atoms with Gasteiger partial charge in [0, 0.05) is 16.8 Å². The van der Waals surface area contributed by atoms with Crippen LogP contribution in [0.25, 0.3) is 0 Å². The molecule has 15 heavy (non-hydrogen) atoms. The summed E-state index contributed by atoms with van der Waals surface area (Å²) in [5.74, 6) is 0.970. The van der Waals surface area contributed by atoms with E-state index in [0.29, 0.717) is 11.9 Å². The molecule has 2 heterocycles. The summed E-state index contributed by atoms with van der Waals surface area (Å²) >= 11 is 1.78. The highest BCUT2D eigenvalue weighted by molar-refractivity contribution is 7.11. The zero-order valence-electron chi connectivity index (χ0n) is 8.69. The van der Waals surface area contributed by atoms with Crippen LogP contribution in [0.15, 0.2) is 12.1 Å².